The first-order valence-corrected chi connectivity index (χ1v) is 7.73. The van der Waals surface area contributed by atoms with Crippen molar-refractivity contribution in [2.45, 2.75) is 25.0 Å². The van der Waals surface area contributed by atoms with E-state index in [2.05, 4.69) is 0 Å². The van der Waals surface area contributed by atoms with Gasteiger partial charge in [-0.1, -0.05) is 36.4 Å². The normalized spacial score (nSPS) is 23.0. The zero-order valence-corrected chi connectivity index (χ0v) is 12.9. The Morgan fingerprint density at radius 2 is 1.83 bits per heavy atom. The quantitative estimate of drug-likeness (QED) is 0.818. The lowest BCUT2D eigenvalue weighted by atomic mass is 9.92. The van der Waals surface area contributed by atoms with E-state index in [0.717, 1.165) is 16.9 Å². The van der Waals surface area contributed by atoms with Crippen LogP contribution in [0, 0.1) is 0 Å². The number of methoxy groups -OCH3 is 1. The van der Waals surface area contributed by atoms with Crippen molar-refractivity contribution in [1.82, 2.24) is 4.90 Å². The van der Waals surface area contributed by atoms with Gasteiger partial charge in [0.25, 0.3) is 0 Å². The fourth-order valence-corrected chi connectivity index (χ4v) is 3.67. The summed E-state index contributed by atoms with van der Waals surface area (Å²) in [5.41, 5.74) is 2.76. The van der Waals surface area contributed by atoms with E-state index in [9.17, 15) is 9.59 Å². The fourth-order valence-electron chi connectivity index (χ4n) is 3.67. The second-order valence-electron chi connectivity index (χ2n) is 6.06. The number of carbonyl (C=O) groups excluding carboxylic acids is 2. The van der Waals surface area contributed by atoms with E-state index < -0.39 is 6.04 Å². The highest BCUT2D eigenvalue weighted by Gasteiger charge is 2.49. The monoisotopic (exact) mass is 307 g/mol. The number of carbonyl (C=O) groups is 2. The van der Waals surface area contributed by atoms with E-state index in [-0.39, 0.29) is 17.6 Å². The van der Waals surface area contributed by atoms with Crippen LogP contribution in [-0.2, 0) is 11.3 Å². The van der Waals surface area contributed by atoms with Crippen molar-refractivity contribution in [2.75, 3.05) is 7.11 Å². The summed E-state index contributed by atoms with van der Waals surface area (Å²) in [7, 11) is 1.63. The summed E-state index contributed by atoms with van der Waals surface area (Å²) in [6, 6.07) is 14.7. The molecule has 0 unspecified atom stereocenters. The van der Waals surface area contributed by atoms with E-state index in [1.54, 1.807) is 7.11 Å². The van der Waals surface area contributed by atoms with E-state index >= 15 is 0 Å². The summed E-state index contributed by atoms with van der Waals surface area (Å²) in [5, 5.41) is 0. The average Bonchev–Trinajstić information content (AvgIpc) is 2.85. The molecule has 2 aliphatic heterocycles. The van der Waals surface area contributed by atoms with Crippen molar-refractivity contribution in [3.05, 3.63) is 65.2 Å². The molecule has 0 aliphatic carbocycles. The van der Waals surface area contributed by atoms with Gasteiger partial charge in [0.05, 0.1) is 7.11 Å². The van der Waals surface area contributed by atoms with Crippen molar-refractivity contribution in [2.24, 2.45) is 0 Å². The first-order valence-electron chi connectivity index (χ1n) is 7.73. The molecule has 1 fully saturated rings. The zero-order valence-electron chi connectivity index (χ0n) is 12.9. The lowest BCUT2D eigenvalue weighted by Crippen LogP contribution is -2.44. The van der Waals surface area contributed by atoms with Crippen LogP contribution in [0.1, 0.15) is 33.9 Å². The van der Waals surface area contributed by atoms with Crippen molar-refractivity contribution in [1.29, 1.82) is 0 Å². The lowest BCUT2D eigenvalue weighted by Gasteiger charge is -2.34. The number of hydrogen-bond acceptors (Lipinski definition) is 4. The standard InChI is InChI=1S/C19H17NO3/c1-23-13-8-6-12(7-9-13)11-20-16-10-17(21)18(20)19(22)15-5-3-2-4-14(15)16/h2-9,16,18H,10-11H2,1H3/t16-,18+/m1/s1. The minimum Gasteiger partial charge on any atom is -0.497 e. The van der Waals surface area contributed by atoms with Crippen molar-refractivity contribution >= 4 is 11.6 Å². The number of rotatable bonds is 3. The number of nitrogens with zero attached hydrogens (tertiary/aromatic N) is 1. The summed E-state index contributed by atoms with van der Waals surface area (Å²) >= 11 is 0. The molecule has 2 aromatic carbocycles. The molecule has 2 bridgehead atoms. The first kappa shape index (κ1) is 14.2. The SMILES string of the molecule is COc1ccc(CN2[C@H]3C(=O)C[C@@H]2c2ccccc2C3=O)cc1. The summed E-state index contributed by atoms with van der Waals surface area (Å²) in [4.78, 5) is 27.1. The minimum absolute atomic E-state index is 0.00324. The minimum atomic E-state index is -0.628. The van der Waals surface area contributed by atoms with E-state index in [1.165, 1.54) is 0 Å². The van der Waals surface area contributed by atoms with Crippen LogP contribution >= 0.6 is 0 Å². The van der Waals surface area contributed by atoms with Gasteiger partial charge in [-0.2, -0.15) is 0 Å². The third-order valence-corrected chi connectivity index (χ3v) is 4.79. The largest absolute Gasteiger partial charge is 0.497 e. The molecule has 0 saturated carbocycles. The van der Waals surface area contributed by atoms with Crippen LogP contribution in [0.5, 0.6) is 5.75 Å². The first-order chi connectivity index (χ1) is 11.2. The van der Waals surface area contributed by atoms with E-state index in [1.807, 2.05) is 53.4 Å². The molecule has 0 radical (unpaired) electrons. The van der Waals surface area contributed by atoms with Gasteiger partial charge in [-0.3, -0.25) is 14.5 Å². The van der Waals surface area contributed by atoms with Crippen LogP contribution in [0.25, 0.3) is 0 Å². The molecule has 0 spiro atoms. The second kappa shape index (κ2) is 5.32. The number of hydrogen-bond donors (Lipinski definition) is 0. The number of ether oxygens (including phenoxy) is 1. The number of ketones is 2. The highest BCUT2D eigenvalue weighted by molar-refractivity contribution is 6.17. The molecule has 4 nitrogen and oxygen atoms in total. The maximum Gasteiger partial charge on any atom is 0.187 e. The smallest absolute Gasteiger partial charge is 0.187 e. The predicted molar refractivity (Wildman–Crippen MR) is 85.5 cm³/mol. The maximum absolute atomic E-state index is 12.7. The van der Waals surface area contributed by atoms with Gasteiger partial charge in [0.2, 0.25) is 0 Å². The van der Waals surface area contributed by atoms with Gasteiger partial charge in [0.15, 0.2) is 11.6 Å². The van der Waals surface area contributed by atoms with Crippen LogP contribution in [-0.4, -0.2) is 29.6 Å². The molecule has 2 aromatic rings. The Bertz CT molecular complexity index is 781. The topological polar surface area (TPSA) is 46.6 Å². The molecule has 2 aliphatic rings. The van der Waals surface area contributed by atoms with Crippen LogP contribution in [0.4, 0.5) is 0 Å². The molecule has 1 saturated heterocycles. The Morgan fingerprint density at radius 3 is 2.57 bits per heavy atom. The number of Topliss-reactive ketones (excluding diaryl/α,β-unsaturated/α-hetero) is 2. The number of fused-ring (bicyclic) bond motifs is 4. The second-order valence-corrected chi connectivity index (χ2v) is 6.06. The van der Waals surface area contributed by atoms with Gasteiger partial charge >= 0.3 is 0 Å². The van der Waals surface area contributed by atoms with Crippen LogP contribution in [0.15, 0.2) is 48.5 Å². The number of benzene rings is 2. The van der Waals surface area contributed by atoms with Crippen LogP contribution in [0.2, 0.25) is 0 Å². The summed E-state index contributed by atoms with van der Waals surface area (Å²) in [6.45, 7) is 0.588. The Kier molecular flexibility index (Phi) is 3.27. The van der Waals surface area contributed by atoms with Crippen molar-refractivity contribution in [3.63, 3.8) is 0 Å². The molecule has 4 rings (SSSR count). The molecule has 0 aromatic heterocycles. The van der Waals surface area contributed by atoms with Gasteiger partial charge in [-0.25, -0.2) is 0 Å². The molecule has 4 heteroatoms. The zero-order chi connectivity index (χ0) is 16.0. The highest BCUT2D eigenvalue weighted by atomic mass is 16.5. The van der Waals surface area contributed by atoms with Gasteiger partial charge in [0.1, 0.15) is 11.8 Å². The Morgan fingerprint density at radius 1 is 1.09 bits per heavy atom. The van der Waals surface area contributed by atoms with Crippen molar-refractivity contribution in [3.8, 4) is 5.75 Å². The third-order valence-electron chi connectivity index (χ3n) is 4.79. The predicted octanol–water partition coefficient (Wildman–Crippen LogP) is 2.78. The van der Waals surface area contributed by atoms with Gasteiger partial charge in [-0.15, -0.1) is 0 Å². The molecule has 0 N–H and O–H groups in total. The summed E-state index contributed by atoms with van der Waals surface area (Å²) in [5.74, 6) is 0.769. The molecule has 2 heterocycles. The molecular formula is C19H17NO3. The van der Waals surface area contributed by atoms with Gasteiger partial charge in [-0.05, 0) is 23.3 Å². The molecule has 2 atom stereocenters. The Hall–Kier alpha value is -2.46. The van der Waals surface area contributed by atoms with Crippen LogP contribution in [0.3, 0.4) is 0 Å². The van der Waals surface area contributed by atoms with Crippen molar-refractivity contribution < 1.29 is 14.3 Å². The highest BCUT2D eigenvalue weighted by Crippen LogP contribution is 2.42. The van der Waals surface area contributed by atoms with E-state index in [4.69, 9.17) is 4.74 Å². The molecule has 0 amide bonds. The molecule has 23 heavy (non-hydrogen) atoms. The summed E-state index contributed by atoms with van der Waals surface area (Å²) < 4.78 is 5.17. The summed E-state index contributed by atoms with van der Waals surface area (Å²) in [6.07, 6.45) is 0.420. The fraction of sp³-hybridized carbons (Fsp3) is 0.263. The molecular weight excluding hydrogens is 290 g/mol. The lowest BCUT2D eigenvalue weighted by molar-refractivity contribution is -0.118. The maximum atomic E-state index is 12.7. The van der Waals surface area contributed by atoms with Crippen LogP contribution < -0.4 is 4.74 Å². The van der Waals surface area contributed by atoms with Gasteiger partial charge in [0, 0.05) is 24.6 Å². The third kappa shape index (κ3) is 2.18. The molecule has 116 valence electrons. The van der Waals surface area contributed by atoms with Gasteiger partial charge < -0.3 is 4.74 Å². The Labute approximate surface area is 134 Å². The Balaban J connectivity index is 1.69. The van der Waals surface area contributed by atoms with E-state index in [0.29, 0.717) is 18.5 Å². The average molecular weight is 307 g/mol.